The molecule has 0 fully saturated rings. The number of alkyl halides is 3. The topological polar surface area (TPSA) is 124 Å². The van der Waals surface area contributed by atoms with Crippen LogP contribution in [-0.2, 0) is 30.7 Å². The average molecular weight is 574 g/mol. The molecule has 0 radical (unpaired) electrons. The van der Waals surface area contributed by atoms with E-state index in [0.717, 1.165) is 41.1 Å². The van der Waals surface area contributed by atoms with Crippen molar-refractivity contribution in [3.05, 3.63) is 82.1 Å². The van der Waals surface area contributed by atoms with Crippen LogP contribution in [0.5, 0.6) is 5.75 Å². The Labute approximate surface area is 231 Å². The second kappa shape index (κ2) is 13.2. The molecule has 0 spiro atoms. The fourth-order valence-corrected chi connectivity index (χ4v) is 4.56. The molecule has 2 aromatic heterocycles. The Hall–Kier alpha value is -4.33. The molecule has 4 aromatic rings. The van der Waals surface area contributed by atoms with Gasteiger partial charge in [-0.2, -0.15) is 0 Å². The number of carbonyl (C=O) groups excluding carboxylic acids is 2. The molecule has 2 heterocycles. The van der Waals surface area contributed by atoms with E-state index in [4.69, 9.17) is 0 Å². The Balaban J connectivity index is 1.16. The minimum absolute atomic E-state index is 0.145. The summed E-state index contributed by atoms with van der Waals surface area (Å²) in [7, 11) is 0. The first-order valence-corrected chi connectivity index (χ1v) is 13.2. The largest absolute Gasteiger partial charge is 0.573 e. The molecule has 0 aliphatic rings. The quantitative estimate of drug-likeness (QED) is 0.240. The van der Waals surface area contributed by atoms with Gasteiger partial charge in [0.15, 0.2) is 5.69 Å². The van der Waals surface area contributed by atoms with Crippen molar-refractivity contribution >= 4 is 28.3 Å². The molecule has 14 heteroatoms. The summed E-state index contributed by atoms with van der Waals surface area (Å²) in [5, 5.41) is 22.5. The number of carbonyl (C=O) groups is 2. The van der Waals surface area contributed by atoms with Gasteiger partial charge in [0.1, 0.15) is 10.8 Å². The van der Waals surface area contributed by atoms with Gasteiger partial charge >= 0.3 is 6.36 Å². The fraction of sp³-hybridized carbons (Fsp3) is 0.308. The summed E-state index contributed by atoms with van der Waals surface area (Å²) in [6, 6.07) is 13.1. The Kier molecular flexibility index (Phi) is 9.43. The molecular weight excluding hydrogens is 547 g/mol. The van der Waals surface area contributed by atoms with Crippen LogP contribution in [0.25, 0.3) is 0 Å². The van der Waals surface area contributed by atoms with Crippen molar-refractivity contribution in [3.8, 4) is 5.75 Å². The average Bonchev–Trinajstić information content (AvgIpc) is 3.54. The van der Waals surface area contributed by atoms with Gasteiger partial charge in [-0.05, 0) is 43.0 Å². The third-order valence-electron chi connectivity index (χ3n) is 5.54. The first-order chi connectivity index (χ1) is 19.1. The molecular formula is C26H26F3N7O3S. The van der Waals surface area contributed by atoms with Gasteiger partial charge in [-0.25, -0.2) is 0 Å². The number of anilines is 1. The van der Waals surface area contributed by atoms with Gasteiger partial charge in [0.25, 0.3) is 5.91 Å². The van der Waals surface area contributed by atoms with E-state index in [1.807, 2.05) is 31.2 Å². The van der Waals surface area contributed by atoms with Crippen molar-refractivity contribution in [1.29, 1.82) is 0 Å². The zero-order chi connectivity index (χ0) is 28.5. The molecule has 2 amide bonds. The van der Waals surface area contributed by atoms with E-state index >= 15 is 0 Å². The van der Waals surface area contributed by atoms with Gasteiger partial charge in [0, 0.05) is 19.5 Å². The molecule has 210 valence electrons. The molecule has 0 aliphatic heterocycles. The van der Waals surface area contributed by atoms with Crippen molar-refractivity contribution in [3.63, 3.8) is 0 Å². The van der Waals surface area contributed by atoms with E-state index < -0.39 is 12.3 Å². The normalized spacial score (nSPS) is 11.3. The van der Waals surface area contributed by atoms with Crippen LogP contribution < -0.4 is 15.4 Å². The zero-order valence-corrected chi connectivity index (χ0v) is 22.3. The summed E-state index contributed by atoms with van der Waals surface area (Å²) in [6.07, 6.45) is -1.19. The number of rotatable bonds is 12. The minimum Gasteiger partial charge on any atom is -0.406 e. The third-order valence-corrected chi connectivity index (χ3v) is 6.44. The highest BCUT2D eigenvalue weighted by atomic mass is 32.1. The lowest BCUT2D eigenvalue weighted by Gasteiger charge is -2.09. The molecule has 0 aliphatic carbocycles. The van der Waals surface area contributed by atoms with E-state index in [0.29, 0.717) is 30.2 Å². The minimum atomic E-state index is -4.80. The maximum absolute atomic E-state index is 12.4. The predicted octanol–water partition coefficient (Wildman–Crippen LogP) is 4.47. The van der Waals surface area contributed by atoms with Crippen molar-refractivity contribution < 1.29 is 27.5 Å². The van der Waals surface area contributed by atoms with E-state index in [9.17, 15) is 22.8 Å². The summed E-state index contributed by atoms with van der Waals surface area (Å²) in [5.74, 6) is -1.12. The second-order valence-electron chi connectivity index (χ2n) is 8.92. The second-order valence-corrected chi connectivity index (χ2v) is 9.98. The fourth-order valence-electron chi connectivity index (χ4n) is 3.76. The molecule has 10 nitrogen and oxygen atoms in total. The number of nitrogens with one attached hydrogen (secondary N) is 2. The Morgan fingerprint density at radius 3 is 2.62 bits per heavy atom. The van der Waals surface area contributed by atoms with Crippen LogP contribution in [0.3, 0.4) is 0 Å². The Bertz CT molecular complexity index is 1460. The van der Waals surface area contributed by atoms with Crippen molar-refractivity contribution in [1.82, 2.24) is 30.5 Å². The smallest absolute Gasteiger partial charge is 0.406 e. The van der Waals surface area contributed by atoms with Crippen LogP contribution in [0, 0.1) is 6.92 Å². The van der Waals surface area contributed by atoms with Gasteiger partial charge in [0.05, 0.1) is 12.6 Å². The van der Waals surface area contributed by atoms with E-state index in [1.54, 1.807) is 10.9 Å². The number of hydrogen-bond donors (Lipinski definition) is 2. The molecule has 0 bridgehead atoms. The number of benzene rings is 2. The SMILES string of the molecule is Cc1cccc(CNC(=O)c2cn(CCCCc3nnc(NC(=O)Cc4cccc(OC(F)(F)F)c4)s3)nn2)c1. The molecule has 0 atom stereocenters. The van der Waals surface area contributed by atoms with Crippen molar-refractivity contribution in [2.24, 2.45) is 0 Å². The highest BCUT2D eigenvalue weighted by molar-refractivity contribution is 7.15. The van der Waals surface area contributed by atoms with Gasteiger partial charge in [-0.3, -0.25) is 14.3 Å². The number of nitrogens with zero attached hydrogens (tertiary/aromatic N) is 5. The molecule has 0 unspecified atom stereocenters. The first-order valence-electron chi connectivity index (χ1n) is 12.3. The standard InChI is InChI=1S/C26H26F3N7O3S/c1-17-6-4-8-19(12-17)15-30-24(38)21-16-36(35-32-21)11-3-2-10-23-33-34-25(40-23)31-22(37)14-18-7-5-9-20(13-18)39-26(27,28)29/h4-9,12-13,16H,2-3,10-11,14-15H2,1H3,(H,30,38)(H,31,34,37). The summed E-state index contributed by atoms with van der Waals surface area (Å²) < 4.78 is 42.7. The molecule has 40 heavy (non-hydrogen) atoms. The van der Waals surface area contributed by atoms with Crippen LogP contribution >= 0.6 is 11.3 Å². The lowest BCUT2D eigenvalue weighted by atomic mass is 10.1. The number of amides is 2. The zero-order valence-electron chi connectivity index (χ0n) is 21.4. The van der Waals surface area contributed by atoms with Crippen LogP contribution in [0.1, 0.15) is 45.0 Å². The predicted molar refractivity (Wildman–Crippen MR) is 141 cm³/mol. The lowest BCUT2D eigenvalue weighted by molar-refractivity contribution is -0.274. The van der Waals surface area contributed by atoms with Crippen LogP contribution in [0.2, 0.25) is 0 Å². The Morgan fingerprint density at radius 2 is 1.82 bits per heavy atom. The molecule has 4 rings (SSSR count). The van der Waals surface area contributed by atoms with Crippen LogP contribution in [0.4, 0.5) is 18.3 Å². The van der Waals surface area contributed by atoms with E-state index in [1.165, 1.54) is 23.5 Å². The summed E-state index contributed by atoms with van der Waals surface area (Å²) >= 11 is 1.23. The number of hydrogen-bond acceptors (Lipinski definition) is 8. The number of unbranched alkanes of at least 4 members (excludes halogenated alkanes) is 1. The highest BCUT2D eigenvalue weighted by Gasteiger charge is 2.31. The first kappa shape index (κ1) is 28.7. The summed E-state index contributed by atoms with van der Waals surface area (Å²) in [5.41, 5.74) is 2.74. The summed E-state index contributed by atoms with van der Waals surface area (Å²) in [4.78, 5) is 24.7. The van der Waals surface area contributed by atoms with Crippen LogP contribution in [-0.4, -0.2) is 43.4 Å². The highest BCUT2D eigenvalue weighted by Crippen LogP contribution is 2.24. The van der Waals surface area contributed by atoms with Crippen molar-refractivity contribution in [2.75, 3.05) is 5.32 Å². The molecule has 0 saturated heterocycles. The number of aryl methyl sites for hydroxylation is 3. The monoisotopic (exact) mass is 573 g/mol. The summed E-state index contributed by atoms with van der Waals surface area (Å²) in [6.45, 7) is 2.96. The van der Waals surface area contributed by atoms with Crippen LogP contribution in [0.15, 0.2) is 54.7 Å². The van der Waals surface area contributed by atoms with Gasteiger partial charge in [-0.1, -0.05) is 58.5 Å². The van der Waals surface area contributed by atoms with Gasteiger partial charge in [-0.15, -0.1) is 28.5 Å². The molecule has 2 aromatic carbocycles. The molecule has 2 N–H and O–H groups in total. The van der Waals surface area contributed by atoms with Crippen molar-refractivity contribution in [2.45, 2.75) is 52.1 Å². The lowest BCUT2D eigenvalue weighted by Crippen LogP contribution is -2.23. The number of halogens is 3. The number of ether oxygens (including phenoxy) is 1. The molecule has 0 saturated carbocycles. The van der Waals surface area contributed by atoms with E-state index in [-0.39, 0.29) is 23.8 Å². The maximum atomic E-state index is 12.4. The third kappa shape index (κ3) is 9.15. The maximum Gasteiger partial charge on any atom is 0.573 e. The number of aromatic nitrogens is 5. The van der Waals surface area contributed by atoms with Gasteiger partial charge in [0.2, 0.25) is 11.0 Å². The van der Waals surface area contributed by atoms with Gasteiger partial charge < -0.3 is 15.4 Å². The Morgan fingerprint density at radius 1 is 1.02 bits per heavy atom. The van der Waals surface area contributed by atoms with E-state index in [2.05, 4.69) is 35.9 Å².